The first-order chi connectivity index (χ1) is 7.95. The van der Waals surface area contributed by atoms with Gasteiger partial charge in [-0.15, -0.1) is 10.2 Å². The van der Waals surface area contributed by atoms with Gasteiger partial charge in [-0.2, -0.15) is 0 Å². The Labute approximate surface area is 110 Å². The largest absolute Gasteiger partial charge is 0.302 e. The highest BCUT2D eigenvalue weighted by molar-refractivity contribution is 7.98. The second kappa shape index (κ2) is 5.97. The standard InChI is InChI=1S/C9H15N5OS2/c1-5(2)7(15)10-8(16)13-14-6(3)11-12-9(14)17-4/h5H,1-4H3,(H2,10,13,15,16). The van der Waals surface area contributed by atoms with Crippen LogP contribution in [0.2, 0.25) is 0 Å². The number of hydrogen-bond acceptors (Lipinski definition) is 5. The van der Waals surface area contributed by atoms with E-state index >= 15 is 0 Å². The molecule has 1 aromatic heterocycles. The fraction of sp³-hybridized carbons (Fsp3) is 0.556. The van der Waals surface area contributed by atoms with Gasteiger partial charge in [-0.25, -0.2) is 4.68 Å². The molecule has 0 aliphatic carbocycles. The van der Waals surface area contributed by atoms with Crippen molar-refractivity contribution in [1.29, 1.82) is 0 Å². The number of carbonyl (C=O) groups excluding carboxylic acids is 1. The van der Waals surface area contributed by atoms with Gasteiger partial charge in [-0.05, 0) is 25.4 Å². The van der Waals surface area contributed by atoms with Crippen molar-refractivity contribution in [3.63, 3.8) is 0 Å². The number of thioether (sulfide) groups is 1. The Morgan fingerprint density at radius 1 is 1.47 bits per heavy atom. The van der Waals surface area contributed by atoms with E-state index in [2.05, 4.69) is 20.9 Å². The molecule has 0 aliphatic heterocycles. The van der Waals surface area contributed by atoms with E-state index < -0.39 is 0 Å². The molecule has 1 heterocycles. The fourth-order valence-electron chi connectivity index (χ4n) is 0.990. The lowest BCUT2D eigenvalue weighted by Crippen LogP contribution is -2.40. The summed E-state index contributed by atoms with van der Waals surface area (Å²) in [6.45, 7) is 5.40. The number of carbonyl (C=O) groups is 1. The van der Waals surface area contributed by atoms with E-state index in [1.807, 2.05) is 6.26 Å². The first-order valence-electron chi connectivity index (χ1n) is 5.03. The number of rotatable bonds is 3. The van der Waals surface area contributed by atoms with Gasteiger partial charge >= 0.3 is 0 Å². The molecule has 0 atom stereocenters. The van der Waals surface area contributed by atoms with Crippen LogP contribution in [-0.4, -0.2) is 32.1 Å². The highest BCUT2D eigenvalue weighted by atomic mass is 32.2. The normalized spacial score (nSPS) is 10.4. The Bertz CT molecular complexity index is 429. The summed E-state index contributed by atoms with van der Waals surface area (Å²) < 4.78 is 1.63. The molecule has 0 saturated heterocycles. The fourth-order valence-corrected chi connectivity index (χ4v) is 1.66. The second-order valence-corrected chi connectivity index (χ2v) is 4.84. The molecule has 0 aliphatic rings. The first-order valence-corrected chi connectivity index (χ1v) is 6.67. The van der Waals surface area contributed by atoms with Crippen LogP contribution in [0.3, 0.4) is 0 Å². The second-order valence-electron chi connectivity index (χ2n) is 3.65. The van der Waals surface area contributed by atoms with Crippen LogP contribution >= 0.6 is 24.0 Å². The number of aromatic nitrogens is 3. The van der Waals surface area contributed by atoms with E-state index in [4.69, 9.17) is 12.2 Å². The maximum absolute atomic E-state index is 11.4. The number of nitrogens with zero attached hydrogens (tertiary/aromatic N) is 3. The Hall–Kier alpha value is -1.15. The first kappa shape index (κ1) is 13.9. The molecule has 6 nitrogen and oxygen atoms in total. The van der Waals surface area contributed by atoms with E-state index in [-0.39, 0.29) is 16.9 Å². The van der Waals surface area contributed by atoms with Crippen molar-refractivity contribution in [2.75, 3.05) is 11.7 Å². The number of hydrogen-bond donors (Lipinski definition) is 2. The van der Waals surface area contributed by atoms with Gasteiger partial charge in [0.2, 0.25) is 11.1 Å². The average molecular weight is 273 g/mol. The van der Waals surface area contributed by atoms with Gasteiger partial charge in [0.05, 0.1) is 0 Å². The van der Waals surface area contributed by atoms with Crippen LogP contribution in [0.15, 0.2) is 5.16 Å². The lowest BCUT2D eigenvalue weighted by atomic mass is 10.2. The van der Waals surface area contributed by atoms with Crippen LogP contribution in [-0.2, 0) is 4.79 Å². The SMILES string of the molecule is CSc1nnc(C)n1NC(=S)NC(=O)C(C)C. The van der Waals surface area contributed by atoms with Gasteiger partial charge in [0.1, 0.15) is 5.82 Å². The molecule has 2 N–H and O–H groups in total. The molecule has 0 aromatic carbocycles. The Kier molecular flexibility index (Phi) is 4.88. The molecule has 1 rings (SSSR count). The summed E-state index contributed by atoms with van der Waals surface area (Å²) in [5.74, 6) is 0.436. The molecular weight excluding hydrogens is 258 g/mol. The van der Waals surface area contributed by atoms with Gasteiger partial charge in [-0.3, -0.25) is 10.2 Å². The Balaban J connectivity index is 2.68. The molecule has 8 heteroatoms. The third-order valence-electron chi connectivity index (χ3n) is 1.95. The third-order valence-corrected chi connectivity index (χ3v) is 2.77. The quantitative estimate of drug-likeness (QED) is 0.630. The van der Waals surface area contributed by atoms with E-state index in [1.54, 1.807) is 25.4 Å². The molecule has 0 bridgehead atoms. The highest BCUT2D eigenvalue weighted by Gasteiger charge is 2.12. The van der Waals surface area contributed by atoms with E-state index in [0.29, 0.717) is 11.0 Å². The predicted octanol–water partition coefficient (Wildman–Crippen LogP) is 0.909. The minimum absolute atomic E-state index is 0.114. The lowest BCUT2D eigenvalue weighted by Gasteiger charge is -2.13. The molecule has 17 heavy (non-hydrogen) atoms. The minimum Gasteiger partial charge on any atom is -0.302 e. The lowest BCUT2D eigenvalue weighted by molar-refractivity contribution is -0.122. The van der Waals surface area contributed by atoms with Crippen molar-refractivity contribution in [3.8, 4) is 0 Å². The monoisotopic (exact) mass is 273 g/mol. The summed E-state index contributed by atoms with van der Waals surface area (Å²) in [5, 5.41) is 11.4. The van der Waals surface area contributed by atoms with Gasteiger partial charge < -0.3 is 5.32 Å². The molecule has 0 unspecified atom stereocenters. The number of amides is 1. The van der Waals surface area contributed by atoms with Gasteiger partial charge in [0.15, 0.2) is 5.11 Å². The summed E-state index contributed by atoms with van der Waals surface area (Å²) in [5.41, 5.74) is 2.87. The Morgan fingerprint density at radius 3 is 2.65 bits per heavy atom. The third kappa shape index (κ3) is 3.67. The van der Waals surface area contributed by atoms with Crippen molar-refractivity contribution in [3.05, 3.63) is 5.82 Å². The van der Waals surface area contributed by atoms with Crippen molar-refractivity contribution < 1.29 is 4.79 Å². The minimum atomic E-state index is -0.126. The van der Waals surface area contributed by atoms with Crippen LogP contribution < -0.4 is 10.7 Å². The zero-order valence-electron chi connectivity index (χ0n) is 10.1. The predicted molar refractivity (Wildman–Crippen MR) is 71.5 cm³/mol. The van der Waals surface area contributed by atoms with E-state index in [0.717, 1.165) is 0 Å². The summed E-state index contributed by atoms with van der Waals surface area (Å²) in [6, 6.07) is 0. The van der Waals surface area contributed by atoms with Crippen LogP contribution in [0.1, 0.15) is 19.7 Å². The maximum atomic E-state index is 11.4. The van der Waals surface area contributed by atoms with Crippen LogP contribution in [0, 0.1) is 12.8 Å². The summed E-state index contributed by atoms with van der Waals surface area (Å²) in [6.07, 6.45) is 1.89. The molecule has 94 valence electrons. The van der Waals surface area contributed by atoms with Gasteiger partial charge in [0, 0.05) is 5.92 Å². The molecule has 0 radical (unpaired) electrons. The molecule has 0 spiro atoms. The van der Waals surface area contributed by atoms with Crippen molar-refractivity contribution >= 4 is 35.0 Å². The summed E-state index contributed by atoms with van der Waals surface area (Å²) >= 11 is 6.47. The Morgan fingerprint density at radius 2 is 2.12 bits per heavy atom. The van der Waals surface area contributed by atoms with Crippen molar-refractivity contribution in [2.24, 2.45) is 5.92 Å². The molecule has 0 fully saturated rings. The highest BCUT2D eigenvalue weighted by Crippen LogP contribution is 2.10. The summed E-state index contributed by atoms with van der Waals surface area (Å²) in [7, 11) is 0. The maximum Gasteiger partial charge on any atom is 0.228 e. The van der Waals surface area contributed by atoms with Crippen molar-refractivity contribution in [2.45, 2.75) is 25.9 Å². The molecule has 1 aromatic rings. The van der Waals surface area contributed by atoms with Crippen LogP contribution in [0.25, 0.3) is 0 Å². The zero-order valence-corrected chi connectivity index (χ0v) is 11.8. The average Bonchev–Trinajstić information content (AvgIpc) is 2.59. The number of nitrogens with one attached hydrogen (secondary N) is 2. The molecule has 0 saturated carbocycles. The van der Waals surface area contributed by atoms with Gasteiger partial charge in [-0.1, -0.05) is 25.6 Å². The van der Waals surface area contributed by atoms with E-state index in [1.165, 1.54) is 11.8 Å². The summed E-state index contributed by atoms with van der Waals surface area (Å²) in [4.78, 5) is 11.4. The van der Waals surface area contributed by atoms with E-state index in [9.17, 15) is 4.79 Å². The molecule has 1 amide bonds. The van der Waals surface area contributed by atoms with Crippen molar-refractivity contribution in [1.82, 2.24) is 20.2 Å². The zero-order chi connectivity index (χ0) is 13.0. The topological polar surface area (TPSA) is 71.8 Å². The smallest absolute Gasteiger partial charge is 0.228 e. The number of aryl methyl sites for hydroxylation is 1. The molecular formula is C9H15N5OS2. The number of thiocarbonyl (C=S) groups is 1. The van der Waals surface area contributed by atoms with Crippen LogP contribution in [0.5, 0.6) is 0 Å². The van der Waals surface area contributed by atoms with Crippen LogP contribution in [0.4, 0.5) is 0 Å². The van der Waals surface area contributed by atoms with Gasteiger partial charge in [0.25, 0.3) is 0 Å².